The first-order valence-electron chi connectivity index (χ1n) is 4.63. The predicted octanol–water partition coefficient (Wildman–Crippen LogP) is 0.993. The Morgan fingerprint density at radius 2 is 1.93 bits per heavy atom. The van der Waals surface area contributed by atoms with Crippen molar-refractivity contribution in [3.63, 3.8) is 0 Å². The Bertz CT molecular complexity index is 252. The molecule has 1 atom stereocenters. The van der Waals surface area contributed by atoms with E-state index in [1.165, 1.54) is 14.2 Å². The first-order chi connectivity index (χ1) is 6.84. The highest BCUT2D eigenvalue weighted by molar-refractivity contribution is 8.08. The summed E-state index contributed by atoms with van der Waals surface area (Å²) in [5, 5.41) is 2.87. The summed E-state index contributed by atoms with van der Waals surface area (Å²) in [4.78, 5) is 11.2. The number of nitrogens with one attached hydrogen (secondary N) is 1. The molecule has 0 aliphatic heterocycles. The Hall–Kier alpha value is -0.0000000000000000763. The summed E-state index contributed by atoms with van der Waals surface area (Å²) in [6, 6.07) is -0.504. The van der Waals surface area contributed by atoms with Crippen LogP contribution in [0.4, 0.5) is 0 Å². The molecule has 0 radical (unpaired) electrons. The van der Waals surface area contributed by atoms with Crippen LogP contribution in [0.5, 0.6) is 0 Å². The number of amides is 1. The molecule has 7 heteroatoms. The number of hydrogen-bond acceptors (Lipinski definition) is 4. The van der Waals surface area contributed by atoms with Gasteiger partial charge in [-0.2, -0.15) is 0 Å². The molecule has 15 heavy (non-hydrogen) atoms. The highest BCUT2D eigenvalue weighted by Gasteiger charge is 2.25. The summed E-state index contributed by atoms with van der Waals surface area (Å²) in [7, 11) is 2.90. The Kier molecular flexibility index (Phi) is 6.55. The van der Waals surface area contributed by atoms with E-state index >= 15 is 0 Å². The van der Waals surface area contributed by atoms with Gasteiger partial charge in [-0.15, -0.1) is 0 Å². The lowest BCUT2D eigenvalue weighted by atomic mass is 10.0. The van der Waals surface area contributed by atoms with E-state index in [9.17, 15) is 4.79 Å². The zero-order chi connectivity index (χ0) is 12.1. The van der Waals surface area contributed by atoms with Gasteiger partial charge in [-0.3, -0.25) is 4.79 Å². The third-order valence-electron chi connectivity index (χ3n) is 1.85. The second kappa shape index (κ2) is 6.55. The van der Waals surface area contributed by atoms with Crippen molar-refractivity contribution in [2.45, 2.75) is 26.3 Å². The predicted molar refractivity (Wildman–Crippen MR) is 63.9 cm³/mol. The summed E-state index contributed by atoms with van der Waals surface area (Å²) < 4.78 is 10.1. The van der Waals surface area contributed by atoms with Crippen molar-refractivity contribution < 1.29 is 13.8 Å². The second-order valence-electron chi connectivity index (χ2n) is 3.58. The maximum absolute atomic E-state index is 11.2. The Morgan fingerprint density at radius 3 is 2.20 bits per heavy atom. The normalized spacial score (nSPS) is 14.2. The first kappa shape index (κ1) is 15.0. The van der Waals surface area contributed by atoms with Gasteiger partial charge in [0.1, 0.15) is 0 Å². The van der Waals surface area contributed by atoms with Crippen molar-refractivity contribution in [2.24, 2.45) is 11.7 Å². The van der Waals surface area contributed by atoms with Gasteiger partial charge in [0.15, 0.2) is 0 Å². The third-order valence-corrected chi connectivity index (χ3v) is 4.65. The van der Waals surface area contributed by atoms with E-state index in [4.69, 9.17) is 26.6 Å². The minimum atomic E-state index is -2.56. The highest BCUT2D eigenvalue weighted by atomic mass is 32.5. The van der Waals surface area contributed by atoms with Crippen LogP contribution >= 0.6 is 6.64 Å². The Labute approximate surface area is 95.9 Å². The second-order valence-corrected chi connectivity index (χ2v) is 7.00. The van der Waals surface area contributed by atoms with Crippen molar-refractivity contribution in [3.8, 4) is 0 Å². The molecule has 0 heterocycles. The molecule has 5 nitrogen and oxygen atoms in total. The average Bonchev–Trinajstić information content (AvgIpc) is 2.16. The van der Waals surface area contributed by atoms with Gasteiger partial charge in [0.25, 0.3) is 6.64 Å². The molecular weight excluding hydrogens is 235 g/mol. The van der Waals surface area contributed by atoms with Crippen LogP contribution in [0, 0.1) is 5.92 Å². The fourth-order valence-corrected chi connectivity index (χ4v) is 2.43. The largest absolute Gasteiger partial charge is 0.368 e. The highest BCUT2D eigenvalue weighted by Crippen LogP contribution is 2.42. The van der Waals surface area contributed by atoms with Gasteiger partial charge in [0.2, 0.25) is 5.91 Å². The quantitative estimate of drug-likeness (QED) is 0.663. The molecule has 0 saturated carbocycles. The van der Waals surface area contributed by atoms with Crippen molar-refractivity contribution in [1.82, 2.24) is 5.09 Å². The number of carbonyl (C=O) groups is 1. The molecule has 0 saturated heterocycles. The SMILES string of the molecule is COP(=S)(N[C@@H](CC(C)C)C(N)=O)OC. The molecule has 0 unspecified atom stereocenters. The van der Waals surface area contributed by atoms with Crippen LogP contribution in [-0.4, -0.2) is 26.2 Å². The van der Waals surface area contributed by atoms with E-state index in [1.54, 1.807) is 0 Å². The maximum atomic E-state index is 11.2. The summed E-state index contributed by atoms with van der Waals surface area (Å²) in [6.45, 7) is 1.44. The lowest BCUT2D eigenvalue weighted by molar-refractivity contribution is -0.120. The molecule has 0 rings (SSSR count). The average molecular weight is 254 g/mol. The van der Waals surface area contributed by atoms with Crippen LogP contribution in [0.25, 0.3) is 0 Å². The molecule has 90 valence electrons. The van der Waals surface area contributed by atoms with Crippen LogP contribution in [0.15, 0.2) is 0 Å². The molecule has 0 aromatic heterocycles. The number of nitrogens with two attached hydrogens (primary N) is 1. The van der Waals surface area contributed by atoms with E-state index in [0.717, 1.165) is 0 Å². The van der Waals surface area contributed by atoms with Gasteiger partial charge in [-0.25, -0.2) is 5.09 Å². The molecule has 0 bridgehead atoms. The Balaban J connectivity index is 4.53. The summed E-state index contributed by atoms with van der Waals surface area (Å²) in [5.74, 6) is -0.0980. The molecular formula is C8H19N2O3PS. The van der Waals surface area contributed by atoms with Crippen molar-refractivity contribution in [2.75, 3.05) is 14.2 Å². The lowest BCUT2D eigenvalue weighted by Gasteiger charge is -2.24. The van der Waals surface area contributed by atoms with Gasteiger partial charge in [0.05, 0.1) is 6.04 Å². The van der Waals surface area contributed by atoms with Crippen LogP contribution < -0.4 is 10.8 Å². The molecule has 0 aromatic carbocycles. The molecule has 0 aliphatic carbocycles. The van der Waals surface area contributed by atoms with Gasteiger partial charge in [-0.05, 0) is 24.1 Å². The van der Waals surface area contributed by atoms with Crippen molar-refractivity contribution >= 4 is 24.4 Å². The number of primary amides is 1. The topological polar surface area (TPSA) is 73.6 Å². The van der Waals surface area contributed by atoms with Crippen LogP contribution in [0.1, 0.15) is 20.3 Å². The summed E-state index contributed by atoms with van der Waals surface area (Å²) >= 11 is 5.10. The smallest absolute Gasteiger partial charge is 0.261 e. The number of carbonyl (C=O) groups excluding carboxylic acids is 1. The van der Waals surface area contributed by atoms with E-state index < -0.39 is 18.6 Å². The standard InChI is InChI=1S/C8H19N2O3PS/c1-6(2)5-7(8(9)11)10-14(15,12-3)13-4/h6-7H,5H2,1-4H3,(H2,9,11)(H,10,15)/t7-/m0/s1. The monoisotopic (exact) mass is 254 g/mol. The lowest BCUT2D eigenvalue weighted by Crippen LogP contribution is -2.40. The molecule has 1 amide bonds. The van der Waals surface area contributed by atoms with Gasteiger partial charge in [0, 0.05) is 14.2 Å². The minimum absolute atomic E-state index is 0.340. The number of rotatable bonds is 7. The molecule has 0 spiro atoms. The van der Waals surface area contributed by atoms with Gasteiger partial charge < -0.3 is 14.8 Å². The van der Waals surface area contributed by atoms with E-state index in [1.807, 2.05) is 13.8 Å². The van der Waals surface area contributed by atoms with Gasteiger partial charge in [-0.1, -0.05) is 13.8 Å². The Morgan fingerprint density at radius 1 is 1.47 bits per heavy atom. The summed E-state index contributed by atoms with van der Waals surface area (Å²) in [6.07, 6.45) is 0.612. The number of hydrogen-bond donors (Lipinski definition) is 2. The fourth-order valence-electron chi connectivity index (χ4n) is 1.07. The van der Waals surface area contributed by atoms with E-state index in [2.05, 4.69) is 5.09 Å². The van der Waals surface area contributed by atoms with Crippen LogP contribution in [0.2, 0.25) is 0 Å². The summed E-state index contributed by atoms with van der Waals surface area (Å²) in [5.41, 5.74) is 5.26. The zero-order valence-corrected chi connectivity index (χ0v) is 11.2. The zero-order valence-electron chi connectivity index (χ0n) is 9.52. The molecule has 0 aliphatic rings. The maximum Gasteiger partial charge on any atom is 0.261 e. The van der Waals surface area contributed by atoms with Gasteiger partial charge >= 0.3 is 0 Å². The van der Waals surface area contributed by atoms with E-state index in [-0.39, 0.29) is 0 Å². The molecule has 0 fully saturated rings. The van der Waals surface area contributed by atoms with Crippen LogP contribution in [0.3, 0.4) is 0 Å². The first-order valence-corrected chi connectivity index (χ1v) is 7.27. The van der Waals surface area contributed by atoms with Crippen LogP contribution in [-0.2, 0) is 25.6 Å². The molecule has 3 N–H and O–H groups in total. The van der Waals surface area contributed by atoms with Crippen molar-refractivity contribution in [3.05, 3.63) is 0 Å². The van der Waals surface area contributed by atoms with E-state index in [0.29, 0.717) is 12.3 Å². The minimum Gasteiger partial charge on any atom is -0.368 e. The molecule has 0 aromatic rings. The fraction of sp³-hybridized carbons (Fsp3) is 0.875. The van der Waals surface area contributed by atoms with Crippen molar-refractivity contribution in [1.29, 1.82) is 0 Å². The third kappa shape index (κ3) is 5.58.